The van der Waals surface area contributed by atoms with Gasteiger partial charge in [-0.2, -0.15) is 0 Å². The summed E-state index contributed by atoms with van der Waals surface area (Å²) in [6, 6.07) is 9.57. The van der Waals surface area contributed by atoms with Crippen LogP contribution in [-0.4, -0.2) is 25.4 Å². The number of nitrogens with zero attached hydrogens (tertiary/aromatic N) is 3. The molecule has 0 atom stereocenters. The first-order valence-corrected chi connectivity index (χ1v) is 7.58. The number of nitro groups is 1. The van der Waals surface area contributed by atoms with Crippen molar-refractivity contribution in [3.8, 4) is 11.3 Å². The third-order valence-corrected chi connectivity index (χ3v) is 3.82. The molecule has 0 unspecified atom stereocenters. The zero-order valence-corrected chi connectivity index (χ0v) is 13.7. The largest absolute Gasteiger partial charge is 0.478 e. The maximum Gasteiger partial charge on any atom is 0.328 e. The Labute approximate surface area is 144 Å². The van der Waals surface area contributed by atoms with Gasteiger partial charge < -0.3 is 5.11 Å². The van der Waals surface area contributed by atoms with Gasteiger partial charge in [-0.15, -0.1) is 0 Å². The number of hydrogen-bond donors (Lipinski definition) is 1. The summed E-state index contributed by atoms with van der Waals surface area (Å²) in [5.74, 6) is -1.07. The molecule has 24 heavy (non-hydrogen) atoms. The number of aliphatic carboxylic acids is 1. The van der Waals surface area contributed by atoms with E-state index in [1.807, 2.05) is 6.07 Å². The number of non-ortho nitro benzene ring substituents is 1. The van der Waals surface area contributed by atoms with E-state index in [0.29, 0.717) is 22.6 Å². The van der Waals surface area contributed by atoms with Gasteiger partial charge >= 0.3 is 5.97 Å². The van der Waals surface area contributed by atoms with Crippen molar-refractivity contribution in [3.63, 3.8) is 0 Å². The van der Waals surface area contributed by atoms with Crippen LogP contribution in [0.2, 0.25) is 0 Å². The van der Waals surface area contributed by atoms with Gasteiger partial charge in [0.2, 0.25) is 0 Å². The molecule has 0 saturated carbocycles. The van der Waals surface area contributed by atoms with E-state index in [1.165, 1.54) is 18.2 Å². The Kier molecular flexibility index (Phi) is 4.13. The Morgan fingerprint density at radius 3 is 2.58 bits per heavy atom. The lowest BCUT2D eigenvalue weighted by Crippen LogP contribution is -1.92. The van der Waals surface area contributed by atoms with Gasteiger partial charge in [0.05, 0.1) is 16.3 Å². The fraction of sp³-hybridized carbons (Fsp3) is 0. The lowest BCUT2D eigenvalue weighted by Gasteiger charge is -2.01. The molecule has 3 aromatic rings. The molecule has 8 heteroatoms. The number of benzene rings is 1. The highest BCUT2D eigenvalue weighted by atomic mass is 79.9. The Morgan fingerprint density at radius 1 is 1.25 bits per heavy atom. The van der Waals surface area contributed by atoms with Crippen LogP contribution < -0.4 is 0 Å². The van der Waals surface area contributed by atoms with Gasteiger partial charge in [-0.25, -0.2) is 9.78 Å². The molecule has 1 aromatic carbocycles. The number of carboxylic acid groups (broad SMARTS) is 1. The first-order chi connectivity index (χ1) is 11.5. The number of aromatic nitrogens is 2. The Hall–Kier alpha value is -3.00. The fourth-order valence-electron chi connectivity index (χ4n) is 2.30. The van der Waals surface area contributed by atoms with Crippen LogP contribution in [0.3, 0.4) is 0 Å². The number of imidazole rings is 1. The van der Waals surface area contributed by atoms with Crippen molar-refractivity contribution in [2.75, 3.05) is 0 Å². The number of carboxylic acids is 1. The molecule has 3 rings (SSSR count). The highest BCUT2D eigenvalue weighted by molar-refractivity contribution is 9.10. The SMILES string of the molecule is O=C(O)C=Cc1c(-c2ccc([N+](=O)[O-])cc2)nc2ccc(Br)cn12. The normalized spacial score (nSPS) is 11.2. The molecule has 0 fully saturated rings. The smallest absolute Gasteiger partial charge is 0.328 e. The van der Waals surface area contributed by atoms with Crippen LogP contribution in [0.25, 0.3) is 23.0 Å². The molecule has 0 saturated heterocycles. The maximum absolute atomic E-state index is 10.9. The summed E-state index contributed by atoms with van der Waals surface area (Å²) in [7, 11) is 0. The third kappa shape index (κ3) is 3.04. The summed E-state index contributed by atoms with van der Waals surface area (Å²) in [5.41, 5.74) is 2.39. The molecule has 0 aliphatic rings. The average molecular weight is 388 g/mol. The van der Waals surface area contributed by atoms with Crippen LogP contribution in [0.4, 0.5) is 5.69 Å². The molecule has 0 spiro atoms. The monoisotopic (exact) mass is 387 g/mol. The van der Waals surface area contributed by atoms with E-state index < -0.39 is 10.9 Å². The first-order valence-electron chi connectivity index (χ1n) is 6.79. The molecule has 120 valence electrons. The van der Waals surface area contributed by atoms with Crippen molar-refractivity contribution in [2.45, 2.75) is 0 Å². The van der Waals surface area contributed by atoms with E-state index in [4.69, 9.17) is 5.11 Å². The number of rotatable bonds is 4. The third-order valence-electron chi connectivity index (χ3n) is 3.35. The predicted octanol–water partition coefficient (Wildman–Crippen LogP) is 3.77. The Morgan fingerprint density at radius 2 is 1.96 bits per heavy atom. The predicted molar refractivity (Wildman–Crippen MR) is 91.7 cm³/mol. The van der Waals surface area contributed by atoms with Crippen molar-refractivity contribution in [3.05, 3.63) is 69.0 Å². The highest BCUT2D eigenvalue weighted by Gasteiger charge is 2.14. The van der Waals surface area contributed by atoms with Crippen molar-refractivity contribution in [2.24, 2.45) is 0 Å². The van der Waals surface area contributed by atoms with Crippen LogP contribution in [0.15, 0.2) is 53.1 Å². The first kappa shape index (κ1) is 15.9. The number of nitro benzene ring substituents is 1. The van der Waals surface area contributed by atoms with Gasteiger partial charge in [-0.3, -0.25) is 14.5 Å². The van der Waals surface area contributed by atoms with E-state index in [2.05, 4.69) is 20.9 Å². The number of halogens is 1. The molecule has 0 bridgehead atoms. The summed E-state index contributed by atoms with van der Waals surface area (Å²) >= 11 is 3.37. The minimum atomic E-state index is -1.07. The topological polar surface area (TPSA) is 97.7 Å². The second kappa shape index (κ2) is 6.25. The molecule has 7 nitrogen and oxygen atoms in total. The lowest BCUT2D eigenvalue weighted by atomic mass is 10.1. The molecule has 1 N–H and O–H groups in total. The Bertz CT molecular complexity index is 977. The highest BCUT2D eigenvalue weighted by Crippen LogP contribution is 2.28. The second-order valence-corrected chi connectivity index (χ2v) is 5.81. The van der Waals surface area contributed by atoms with E-state index in [0.717, 1.165) is 10.5 Å². The quantitative estimate of drug-likeness (QED) is 0.417. The summed E-state index contributed by atoms with van der Waals surface area (Å²) in [5, 5.41) is 19.7. The van der Waals surface area contributed by atoms with Crippen LogP contribution in [-0.2, 0) is 4.79 Å². The van der Waals surface area contributed by atoms with Crippen LogP contribution in [0.1, 0.15) is 5.69 Å². The van der Waals surface area contributed by atoms with Gasteiger partial charge in [0.15, 0.2) is 0 Å². The minimum absolute atomic E-state index is 0.0205. The van der Waals surface area contributed by atoms with Crippen LogP contribution in [0.5, 0.6) is 0 Å². The summed E-state index contributed by atoms with van der Waals surface area (Å²) in [6.07, 6.45) is 4.25. The molecule has 2 heterocycles. The number of hydrogen-bond acceptors (Lipinski definition) is 4. The molecule has 2 aromatic heterocycles. The van der Waals surface area contributed by atoms with E-state index in [-0.39, 0.29) is 5.69 Å². The van der Waals surface area contributed by atoms with E-state index in [9.17, 15) is 14.9 Å². The molecular formula is C16H10BrN3O4. The second-order valence-electron chi connectivity index (χ2n) is 4.90. The van der Waals surface area contributed by atoms with Gasteiger partial charge in [-0.1, -0.05) is 0 Å². The van der Waals surface area contributed by atoms with E-state index >= 15 is 0 Å². The molecule has 0 aliphatic heterocycles. The molecule has 0 aliphatic carbocycles. The van der Waals surface area contributed by atoms with Crippen LogP contribution in [0, 0.1) is 10.1 Å². The zero-order valence-electron chi connectivity index (χ0n) is 12.1. The average Bonchev–Trinajstić information content (AvgIpc) is 2.90. The van der Waals surface area contributed by atoms with Gasteiger partial charge in [0, 0.05) is 34.4 Å². The summed E-state index contributed by atoms with van der Waals surface area (Å²) < 4.78 is 2.56. The van der Waals surface area contributed by atoms with Crippen molar-refractivity contribution in [1.29, 1.82) is 0 Å². The number of fused-ring (bicyclic) bond motifs is 1. The summed E-state index contributed by atoms with van der Waals surface area (Å²) in [4.78, 5) is 25.7. The van der Waals surface area contributed by atoms with Gasteiger partial charge in [-0.05, 0) is 46.3 Å². The number of carbonyl (C=O) groups is 1. The minimum Gasteiger partial charge on any atom is -0.478 e. The maximum atomic E-state index is 10.9. The van der Waals surface area contributed by atoms with Crippen molar-refractivity contribution in [1.82, 2.24) is 9.38 Å². The number of pyridine rings is 1. The standard InChI is InChI=1S/C16H10BrN3O4/c17-11-3-7-14-18-16(10-1-4-12(5-2-10)20(23)24)13(19(14)9-11)6-8-15(21)22/h1-9H,(H,21,22). The van der Waals surface area contributed by atoms with Gasteiger partial charge in [0.25, 0.3) is 5.69 Å². The van der Waals surface area contributed by atoms with Crippen molar-refractivity contribution < 1.29 is 14.8 Å². The lowest BCUT2D eigenvalue weighted by molar-refractivity contribution is -0.384. The molecule has 0 amide bonds. The molecular weight excluding hydrogens is 378 g/mol. The van der Waals surface area contributed by atoms with Crippen LogP contribution >= 0.6 is 15.9 Å². The summed E-state index contributed by atoms with van der Waals surface area (Å²) in [6.45, 7) is 0. The Balaban J connectivity index is 2.20. The zero-order chi connectivity index (χ0) is 17.3. The van der Waals surface area contributed by atoms with Gasteiger partial charge in [0.1, 0.15) is 5.65 Å². The van der Waals surface area contributed by atoms with Crippen molar-refractivity contribution >= 4 is 39.3 Å². The van der Waals surface area contributed by atoms with E-state index in [1.54, 1.807) is 28.8 Å². The fourth-order valence-corrected chi connectivity index (χ4v) is 2.64. The molecule has 0 radical (unpaired) electrons.